The highest BCUT2D eigenvalue weighted by atomic mass is 19.1. The molecule has 1 atom stereocenters. The van der Waals surface area contributed by atoms with Gasteiger partial charge in [-0.25, -0.2) is 4.39 Å². The number of benzene rings is 2. The molecule has 3 N–H and O–H groups in total. The van der Waals surface area contributed by atoms with Gasteiger partial charge in [-0.1, -0.05) is 26.0 Å². The number of amides is 3. The summed E-state index contributed by atoms with van der Waals surface area (Å²) in [5.41, 5.74) is 5.92. The lowest BCUT2D eigenvalue weighted by Crippen LogP contribution is -2.54. The molecule has 0 aliphatic heterocycles. The predicted octanol–water partition coefficient (Wildman–Crippen LogP) is 2.89. The summed E-state index contributed by atoms with van der Waals surface area (Å²) in [6, 6.07) is 11.6. The van der Waals surface area contributed by atoms with E-state index < -0.39 is 29.6 Å². The van der Waals surface area contributed by atoms with E-state index in [1.807, 2.05) is 12.1 Å². The Bertz CT molecular complexity index is 911. The largest absolute Gasteiger partial charge is 0.372 e. The van der Waals surface area contributed by atoms with Crippen molar-refractivity contribution in [1.29, 1.82) is 0 Å². The summed E-state index contributed by atoms with van der Waals surface area (Å²) in [7, 11) is 0. The van der Waals surface area contributed by atoms with Gasteiger partial charge in [-0.15, -0.1) is 0 Å². The van der Waals surface area contributed by atoms with Crippen LogP contribution in [0.2, 0.25) is 0 Å². The number of rotatable bonds is 8. The molecule has 0 aliphatic rings. The normalized spacial score (nSPS) is 11.5. The Hall–Kier alpha value is -3.42. The van der Waals surface area contributed by atoms with E-state index >= 15 is 0 Å². The van der Waals surface area contributed by atoms with E-state index in [9.17, 15) is 18.8 Å². The molecule has 0 radical (unpaired) electrons. The van der Waals surface area contributed by atoms with Gasteiger partial charge >= 0.3 is 0 Å². The third kappa shape index (κ3) is 6.28. The number of nitrogens with zero attached hydrogens (tertiary/aromatic N) is 1. The van der Waals surface area contributed by atoms with Gasteiger partial charge in [0.05, 0.1) is 5.56 Å². The molecular formula is C23H29FN4O3. The van der Waals surface area contributed by atoms with E-state index in [0.29, 0.717) is 5.56 Å². The second kappa shape index (κ2) is 11.1. The number of carbonyl (C=O) groups excluding carboxylic acids is 3. The fraction of sp³-hybridized carbons (Fsp3) is 0.348. The van der Waals surface area contributed by atoms with Gasteiger partial charge in [0.2, 0.25) is 0 Å². The van der Waals surface area contributed by atoms with Gasteiger partial charge in [0.25, 0.3) is 17.7 Å². The van der Waals surface area contributed by atoms with Crippen LogP contribution in [0.1, 0.15) is 48.4 Å². The Morgan fingerprint density at radius 1 is 0.903 bits per heavy atom. The summed E-state index contributed by atoms with van der Waals surface area (Å²) < 4.78 is 13.8. The first-order valence-corrected chi connectivity index (χ1v) is 10.3. The first kappa shape index (κ1) is 23.9. The van der Waals surface area contributed by atoms with Crippen LogP contribution in [0.15, 0.2) is 48.5 Å². The highest BCUT2D eigenvalue weighted by Gasteiger charge is 2.26. The molecule has 0 unspecified atom stereocenters. The highest BCUT2D eigenvalue weighted by molar-refractivity contribution is 5.99. The Labute approximate surface area is 182 Å². The molecule has 2 aromatic carbocycles. The molecule has 8 heteroatoms. The lowest BCUT2D eigenvalue weighted by Gasteiger charge is -2.22. The molecule has 0 bridgehead atoms. The standard InChI is InChI=1S/C23H29FN4O3/c1-5-28(6-2)17-13-11-16(12-14-17)21(29)26-27-23(31)20(15(3)4)25-22(30)18-9-7-8-10-19(18)24/h7-15,20H,5-6H2,1-4H3,(H,25,30)(H,26,29)(H,27,31)/t20-/m1/s1. The quantitative estimate of drug-likeness (QED) is 0.564. The Balaban J connectivity index is 1.99. The van der Waals surface area contributed by atoms with Crippen LogP contribution in [-0.4, -0.2) is 36.9 Å². The fourth-order valence-corrected chi connectivity index (χ4v) is 3.08. The molecule has 0 saturated carbocycles. The maximum atomic E-state index is 13.8. The number of hydrogen-bond donors (Lipinski definition) is 3. The molecule has 2 rings (SSSR count). The third-order valence-electron chi connectivity index (χ3n) is 4.91. The maximum absolute atomic E-state index is 13.8. The molecule has 31 heavy (non-hydrogen) atoms. The first-order valence-electron chi connectivity index (χ1n) is 10.3. The summed E-state index contributed by atoms with van der Waals surface area (Å²) in [6.07, 6.45) is 0. The zero-order valence-electron chi connectivity index (χ0n) is 18.2. The van der Waals surface area contributed by atoms with Crippen LogP contribution in [-0.2, 0) is 4.79 Å². The first-order chi connectivity index (χ1) is 14.8. The van der Waals surface area contributed by atoms with Crippen molar-refractivity contribution in [2.24, 2.45) is 5.92 Å². The average molecular weight is 429 g/mol. The third-order valence-corrected chi connectivity index (χ3v) is 4.91. The molecule has 0 spiro atoms. The molecule has 3 amide bonds. The zero-order valence-corrected chi connectivity index (χ0v) is 18.2. The molecular weight excluding hydrogens is 399 g/mol. The zero-order chi connectivity index (χ0) is 23.0. The molecule has 0 aliphatic carbocycles. The second-order valence-electron chi connectivity index (χ2n) is 7.34. The Morgan fingerprint density at radius 2 is 1.52 bits per heavy atom. The van der Waals surface area contributed by atoms with Crippen molar-refractivity contribution in [2.75, 3.05) is 18.0 Å². The summed E-state index contributed by atoms with van der Waals surface area (Å²) >= 11 is 0. The van der Waals surface area contributed by atoms with Crippen LogP contribution in [0.4, 0.5) is 10.1 Å². The Kier molecular flexibility index (Phi) is 8.54. The van der Waals surface area contributed by atoms with Gasteiger partial charge in [-0.05, 0) is 56.2 Å². The van der Waals surface area contributed by atoms with Gasteiger partial charge in [0, 0.05) is 24.3 Å². The van der Waals surface area contributed by atoms with Gasteiger partial charge in [-0.2, -0.15) is 0 Å². The van der Waals surface area contributed by atoms with Crippen LogP contribution >= 0.6 is 0 Å². The van der Waals surface area contributed by atoms with Gasteiger partial charge < -0.3 is 10.2 Å². The number of halogens is 1. The molecule has 0 saturated heterocycles. The maximum Gasteiger partial charge on any atom is 0.269 e. The van der Waals surface area contributed by atoms with Crippen molar-refractivity contribution in [3.63, 3.8) is 0 Å². The fourth-order valence-electron chi connectivity index (χ4n) is 3.08. The van der Waals surface area contributed by atoms with E-state index in [2.05, 4.69) is 34.9 Å². The number of anilines is 1. The van der Waals surface area contributed by atoms with Crippen molar-refractivity contribution in [3.05, 3.63) is 65.5 Å². The summed E-state index contributed by atoms with van der Waals surface area (Å²) in [4.78, 5) is 39.4. The smallest absolute Gasteiger partial charge is 0.269 e. The van der Waals surface area contributed by atoms with Crippen molar-refractivity contribution in [3.8, 4) is 0 Å². The number of carbonyl (C=O) groups is 3. The van der Waals surface area contributed by atoms with E-state index in [1.54, 1.807) is 26.0 Å². The number of nitrogens with one attached hydrogen (secondary N) is 3. The van der Waals surface area contributed by atoms with Gasteiger partial charge in [0.15, 0.2) is 0 Å². The average Bonchev–Trinajstić information content (AvgIpc) is 2.76. The summed E-state index contributed by atoms with van der Waals surface area (Å²) in [5.74, 6) is -2.76. The van der Waals surface area contributed by atoms with Crippen molar-refractivity contribution >= 4 is 23.4 Å². The minimum absolute atomic E-state index is 0.154. The number of hydrogen-bond acceptors (Lipinski definition) is 4. The summed E-state index contributed by atoms with van der Waals surface area (Å²) in [5, 5.41) is 2.52. The molecule has 166 valence electrons. The lowest BCUT2D eigenvalue weighted by molar-refractivity contribution is -0.124. The second-order valence-corrected chi connectivity index (χ2v) is 7.34. The van der Waals surface area contributed by atoms with E-state index in [4.69, 9.17) is 0 Å². The molecule has 0 aromatic heterocycles. The van der Waals surface area contributed by atoms with Crippen LogP contribution in [0, 0.1) is 11.7 Å². The minimum atomic E-state index is -0.961. The lowest BCUT2D eigenvalue weighted by atomic mass is 10.0. The van der Waals surface area contributed by atoms with E-state index in [0.717, 1.165) is 18.8 Å². The van der Waals surface area contributed by atoms with E-state index in [-0.39, 0.29) is 11.5 Å². The molecule has 0 heterocycles. The van der Waals surface area contributed by atoms with Crippen molar-refractivity contribution < 1.29 is 18.8 Å². The van der Waals surface area contributed by atoms with Gasteiger partial charge in [0.1, 0.15) is 11.9 Å². The van der Waals surface area contributed by atoms with Crippen LogP contribution < -0.4 is 21.1 Å². The highest BCUT2D eigenvalue weighted by Crippen LogP contribution is 2.15. The minimum Gasteiger partial charge on any atom is -0.372 e. The Morgan fingerprint density at radius 3 is 2.06 bits per heavy atom. The number of hydrazine groups is 1. The van der Waals surface area contributed by atoms with Crippen molar-refractivity contribution in [2.45, 2.75) is 33.7 Å². The van der Waals surface area contributed by atoms with Gasteiger partial charge in [-0.3, -0.25) is 25.2 Å². The molecule has 2 aromatic rings. The SMILES string of the molecule is CCN(CC)c1ccc(C(=O)NNC(=O)[C@H](NC(=O)c2ccccc2F)C(C)C)cc1. The monoisotopic (exact) mass is 428 g/mol. The van der Waals surface area contributed by atoms with Crippen LogP contribution in [0.5, 0.6) is 0 Å². The van der Waals surface area contributed by atoms with Crippen molar-refractivity contribution in [1.82, 2.24) is 16.2 Å². The molecule has 0 fully saturated rings. The molecule has 7 nitrogen and oxygen atoms in total. The van der Waals surface area contributed by atoms with E-state index in [1.165, 1.54) is 24.3 Å². The van der Waals surface area contributed by atoms with Crippen LogP contribution in [0.25, 0.3) is 0 Å². The van der Waals surface area contributed by atoms with Crippen LogP contribution in [0.3, 0.4) is 0 Å². The topological polar surface area (TPSA) is 90.5 Å². The predicted molar refractivity (Wildman–Crippen MR) is 118 cm³/mol. The summed E-state index contributed by atoms with van der Waals surface area (Å²) in [6.45, 7) is 9.28.